The summed E-state index contributed by atoms with van der Waals surface area (Å²) >= 11 is 6.09. The van der Waals surface area contributed by atoms with Gasteiger partial charge in [-0.1, -0.05) is 56.6 Å². The smallest absolute Gasteiger partial charge is 0.324 e. The van der Waals surface area contributed by atoms with E-state index in [-0.39, 0.29) is 11.4 Å². The summed E-state index contributed by atoms with van der Waals surface area (Å²) in [6.07, 6.45) is 0. The molecule has 0 spiro atoms. The predicted octanol–water partition coefficient (Wildman–Crippen LogP) is 6.33. The van der Waals surface area contributed by atoms with Gasteiger partial charge in [-0.3, -0.25) is 10.2 Å². The van der Waals surface area contributed by atoms with E-state index in [2.05, 4.69) is 36.3 Å². The van der Waals surface area contributed by atoms with Gasteiger partial charge in [0.15, 0.2) is 0 Å². The van der Waals surface area contributed by atoms with Crippen LogP contribution in [0.1, 0.15) is 26.5 Å². The molecular formula is C30H34ClN5O3. The molecule has 0 unspecified atom stereocenters. The quantitative estimate of drug-likeness (QED) is 0.282. The first-order valence-electron chi connectivity index (χ1n) is 13.2. The number of anilines is 2. The standard InChI is InChI=1S/C30H34ClN5O3/c1-30(2,3)27-20-28(36(34-27)22-10-8-21(31)9-11-22)33-29(37)32-25-12-13-26(24-7-5-4-6-23(24)25)39-19-16-35-14-17-38-18-15-35/h4-13,20H,14-19H2,1-3H3,(H2,32,33,37). The first-order valence-corrected chi connectivity index (χ1v) is 13.5. The van der Waals surface area contributed by atoms with E-state index < -0.39 is 0 Å². The van der Waals surface area contributed by atoms with Gasteiger partial charge in [0.05, 0.1) is 30.3 Å². The highest BCUT2D eigenvalue weighted by molar-refractivity contribution is 6.30. The average molecular weight is 548 g/mol. The maximum Gasteiger partial charge on any atom is 0.324 e. The minimum atomic E-state index is -0.364. The molecule has 1 aliphatic rings. The second-order valence-electron chi connectivity index (χ2n) is 10.6. The number of aromatic nitrogens is 2. The third kappa shape index (κ3) is 6.53. The zero-order valence-corrected chi connectivity index (χ0v) is 23.3. The highest BCUT2D eigenvalue weighted by atomic mass is 35.5. The molecule has 39 heavy (non-hydrogen) atoms. The van der Waals surface area contributed by atoms with E-state index in [9.17, 15) is 4.79 Å². The van der Waals surface area contributed by atoms with Crippen molar-refractivity contribution in [2.24, 2.45) is 0 Å². The summed E-state index contributed by atoms with van der Waals surface area (Å²) in [4.78, 5) is 15.6. The third-order valence-electron chi connectivity index (χ3n) is 6.69. The lowest BCUT2D eigenvalue weighted by Gasteiger charge is -2.26. The number of fused-ring (bicyclic) bond motifs is 1. The van der Waals surface area contributed by atoms with Crippen LogP contribution in [-0.4, -0.2) is 60.2 Å². The first kappa shape index (κ1) is 27.0. The van der Waals surface area contributed by atoms with Crippen molar-refractivity contribution in [1.82, 2.24) is 14.7 Å². The number of nitrogens with one attached hydrogen (secondary N) is 2. The first-order chi connectivity index (χ1) is 18.8. The maximum absolute atomic E-state index is 13.2. The summed E-state index contributed by atoms with van der Waals surface area (Å²) in [7, 11) is 0. The summed E-state index contributed by atoms with van der Waals surface area (Å²) in [6, 6.07) is 20.6. The van der Waals surface area contributed by atoms with Gasteiger partial charge in [0, 0.05) is 46.9 Å². The molecule has 4 aromatic rings. The number of morpholine rings is 1. The monoisotopic (exact) mass is 547 g/mol. The Morgan fingerprint density at radius 2 is 1.72 bits per heavy atom. The van der Waals surface area contributed by atoms with Gasteiger partial charge < -0.3 is 14.8 Å². The number of benzene rings is 3. The number of ether oxygens (including phenoxy) is 2. The Morgan fingerprint density at radius 3 is 2.44 bits per heavy atom. The van der Waals surface area contributed by atoms with Gasteiger partial charge in [0.25, 0.3) is 0 Å². The van der Waals surface area contributed by atoms with Gasteiger partial charge in [-0.2, -0.15) is 5.10 Å². The number of carbonyl (C=O) groups excluding carboxylic acids is 1. The second-order valence-corrected chi connectivity index (χ2v) is 11.0. The number of halogens is 1. The molecule has 1 aliphatic heterocycles. The van der Waals surface area contributed by atoms with E-state index in [4.69, 9.17) is 26.2 Å². The molecule has 2 amide bonds. The summed E-state index contributed by atoms with van der Waals surface area (Å²) < 4.78 is 13.3. The fourth-order valence-electron chi connectivity index (χ4n) is 4.50. The van der Waals surface area contributed by atoms with Crippen LogP contribution >= 0.6 is 11.6 Å². The molecule has 8 nitrogen and oxygen atoms in total. The normalized spacial score (nSPS) is 14.4. The Bertz CT molecular complexity index is 1440. The Morgan fingerprint density at radius 1 is 1.00 bits per heavy atom. The minimum absolute atomic E-state index is 0.196. The number of rotatable bonds is 7. The molecule has 1 aromatic heterocycles. The van der Waals surface area contributed by atoms with Crippen LogP contribution in [0.2, 0.25) is 5.02 Å². The van der Waals surface area contributed by atoms with Crippen LogP contribution in [0, 0.1) is 0 Å². The van der Waals surface area contributed by atoms with Crippen LogP contribution in [-0.2, 0) is 10.2 Å². The van der Waals surface area contributed by atoms with E-state index in [0.717, 1.165) is 60.8 Å². The zero-order chi connectivity index (χ0) is 27.4. The van der Waals surface area contributed by atoms with Crippen molar-refractivity contribution in [3.63, 3.8) is 0 Å². The molecule has 5 rings (SSSR count). The van der Waals surface area contributed by atoms with E-state index >= 15 is 0 Å². The number of hydrogen-bond acceptors (Lipinski definition) is 5. The molecule has 1 saturated heterocycles. The molecule has 2 heterocycles. The third-order valence-corrected chi connectivity index (χ3v) is 6.94. The Labute approximate surface area is 233 Å². The van der Waals surface area contributed by atoms with E-state index in [1.165, 1.54) is 0 Å². The van der Waals surface area contributed by atoms with Crippen LogP contribution < -0.4 is 15.4 Å². The fraction of sp³-hybridized carbons (Fsp3) is 0.333. The molecular weight excluding hydrogens is 514 g/mol. The highest BCUT2D eigenvalue weighted by Gasteiger charge is 2.22. The van der Waals surface area contributed by atoms with E-state index in [1.54, 1.807) is 16.8 Å². The topological polar surface area (TPSA) is 80.6 Å². The van der Waals surface area contributed by atoms with Crippen LogP contribution in [0.5, 0.6) is 5.75 Å². The molecule has 0 aliphatic carbocycles. The van der Waals surface area contributed by atoms with Crippen LogP contribution in [0.25, 0.3) is 16.5 Å². The average Bonchev–Trinajstić information content (AvgIpc) is 3.35. The molecule has 0 atom stereocenters. The molecule has 3 aromatic carbocycles. The van der Waals surface area contributed by atoms with Crippen molar-refractivity contribution in [2.45, 2.75) is 26.2 Å². The van der Waals surface area contributed by atoms with Gasteiger partial charge in [-0.05, 0) is 36.4 Å². The summed E-state index contributed by atoms with van der Waals surface area (Å²) in [5.74, 6) is 1.35. The molecule has 0 saturated carbocycles. The highest BCUT2D eigenvalue weighted by Crippen LogP contribution is 2.32. The number of carbonyl (C=O) groups is 1. The van der Waals surface area contributed by atoms with Crippen molar-refractivity contribution < 1.29 is 14.3 Å². The summed E-state index contributed by atoms with van der Waals surface area (Å²) in [5, 5.41) is 13.2. The Hall–Kier alpha value is -3.59. The van der Waals surface area contributed by atoms with Crippen molar-refractivity contribution in [1.29, 1.82) is 0 Å². The predicted molar refractivity (Wildman–Crippen MR) is 157 cm³/mol. The van der Waals surface area contributed by atoms with Gasteiger partial charge in [-0.15, -0.1) is 0 Å². The van der Waals surface area contributed by atoms with Crippen molar-refractivity contribution >= 4 is 39.9 Å². The lowest BCUT2D eigenvalue weighted by molar-refractivity contribution is 0.0323. The largest absolute Gasteiger partial charge is 0.492 e. The van der Waals surface area contributed by atoms with Crippen molar-refractivity contribution in [3.8, 4) is 11.4 Å². The van der Waals surface area contributed by atoms with Crippen LogP contribution in [0.15, 0.2) is 66.7 Å². The fourth-order valence-corrected chi connectivity index (χ4v) is 4.63. The van der Waals surface area contributed by atoms with Gasteiger partial charge in [0.1, 0.15) is 18.2 Å². The van der Waals surface area contributed by atoms with Crippen molar-refractivity contribution in [2.75, 3.05) is 50.1 Å². The molecule has 1 fully saturated rings. The number of urea groups is 1. The number of nitrogens with zero attached hydrogens (tertiary/aromatic N) is 3. The molecule has 9 heteroatoms. The molecule has 0 radical (unpaired) electrons. The minimum Gasteiger partial charge on any atom is -0.492 e. The van der Waals surface area contributed by atoms with Gasteiger partial charge >= 0.3 is 6.03 Å². The van der Waals surface area contributed by atoms with Crippen molar-refractivity contribution in [3.05, 3.63) is 77.4 Å². The second kappa shape index (κ2) is 11.7. The zero-order valence-electron chi connectivity index (χ0n) is 22.5. The van der Waals surface area contributed by atoms with E-state index in [1.807, 2.05) is 54.6 Å². The lowest BCUT2D eigenvalue weighted by Crippen LogP contribution is -2.38. The summed E-state index contributed by atoms with van der Waals surface area (Å²) in [5.41, 5.74) is 2.15. The Balaban J connectivity index is 1.33. The van der Waals surface area contributed by atoms with Gasteiger partial charge in [-0.25, -0.2) is 9.48 Å². The molecule has 0 bridgehead atoms. The lowest BCUT2D eigenvalue weighted by atomic mass is 9.92. The van der Waals surface area contributed by atoms with E-state index in [0.29, 0.717) is 23.1 Å². The SMILES string of the molecule is CC(C)(C)c1cc(NC(=O)Nc2ccc(OCCN3CCOCC3)c3ccccc23)n(-c2ccc(Cl)cc2)n1. The Kier molecular flexibility index (Phi) is 8.07. The van der Waals surface area contributed by atoms with Crippen LogP contribution in [0.4, 0.5) is 16.3 Å². The maximum atomic E-state index is 13.2. The summed E-state index contributed by atoms with van der Waals surface area (Å²) in [6.45, 7) is 11.1. The van der Waals surface area contributed by atoms with Gasteiger partial charge in [0.2, 0.25) is 0 Å². The molecule has 2 N–H and O–H groups in total. The molecule has 204 valence electrons. The number of amides is 2. The van der Waals surface area contributed by atoms with Crippen LogP contribution in [0.3, 0.4) is 0 Å². The number of hydrogen-bond donors (Lipinski definition) is 2.